The highest BCUT2D eigenvalue weighted by Gasteiger charge is 2.15. The molecule has 0 aliphatic rings. The lowest BCUT2D eigenvalue weighted by atomic mass is 10.0. The topological polar surface area (TPSA) is 58.1 Å². The molecule has 0 saturated heterocycles. The van der Waals surface area contributed by atoms with Gasteiger partial charge in [-0.1, -0.05) is 35.9 Å². The molecule has 0 bridgehead atoms. The van der Waals surface area contributed by atoms with Crippen LogP contribution in [-0.4, -0.2) is 41.4 Å². The third kappa shape index (κ3) is 5.47. The number of aromatic nitrogens is 2. The fraction of sp³-hybridized carbons (Fsp3) is 0.318. The van der Waals surface area contributed by atoms with E-state index in [2.05, 4.69) is 51.4 Å². The van der Waals surface area contributed by atoms with Crippen LogP contribution in [0.5, 0.6) is 0 Å². The first-order valence-corrected chi connectivity index (χ1v) is 10.3. The highest BCUT2D eigenvalue weighted by Crippen LogP contribution is 2.22. The van der Waals surface area contributed by atoms with E-state index in [4.69, 9.17) is 0 Å². The van der Waals surface area contributed by atoms with E-state index in [0.717, 1.165) is 16.4 Å². The lowest BCUT2D eigenvalue weighted by Crippen LogP contribution is -2.34. The molecule has 28 heavy (non-hydrogen) atoms. The molecule has 146 valence electrons. The fourth-order valence-electron chi connectivity index (χ4n) is 2.96. The SMILES string of the molecule is Cc1ccc(C(CNC(=O)CCc2csc(-c3ccccn3)n2)N(C)C)cc1. The van der Waals surface area contributed by atoms with Crippen LogP contribution < -0.4 is 5.32 Å². The van der Waals surface area contributed by atoms with Crippen molar-refractivity contribution in [1.82, 2.24) is 20.2 Å². The van der Waals surface area contributed by atoms with Gasteiger partial charge in [-0.05, 0) is 45.1 Å². The van der Waals surface area contributed by atoms with Crippen molar-refractivity contribution in [1.29, 1.82) is 0 Å². The number of nitrogens with zero attached hydrogens (tertiary/aromatic N) is 3. The molecular formula is C22H26N4OS. The smallest absolute Gasteiger partial charge is 0.220 e. The van der Waals surface area contributed by atoms with Crippen molar-refractivity contribution in [2.24, 2.45) is 0 Å². The number of pyridine rings is 1. The second-order valence-electron chi connectivity index (χ2n) is 7.05. The first-order chi connectivity index (χ1) is 13.5. The van der Waals surface area contributed by atoms with Gasteiger partial charge in [-0.25, -0.2) is 4.98 Å². The third-order valence-electron chi connectivity index (χ3n) is 4.62. The number of thiazole rings is 1. The zero-order chi connectivity index (χ0) is 19.9. The van der Waals surface area contributed by atoms with Crippen LogP contribution in [-0.2, 0) is 11.2 Å². The summed E-state index contributed by atoms with van der Waals surface area (Å²) >= 11 is 1.56. The van der Waals surface area contributed by atoms with Crippen molar-refractivity contribution < 1.29 is 4.79 Å². The number of nitrogens with one attached hydrogen (secondary N) is 1. The second-order valence-corrected chi connectivity index (χ2v) is 7.91. The van der Waals surface area contributed by atoms with Gasteiger partial charge in [0.25, 0.3) is 0 Å². The van der Waals surface area contributed by atoms with Crippen LogP contribution in [0, 0.1) is 6.92 Å². The summed E-state index contributed by atoms with van der Waals surface area (Å²) in [6.45, 7) is 2.67. The Kier molecular flexibility index (Phi) is 6.90. The molecule has 3 rings (SSSR count). The maximum atomic E-state index is 12.3. The number of aryl methyl sites for hydroxylation is 2. The first kappa shape index (κ1) is 20.2. The predicted molar refractivity (Wildman–Crippen MR) is 114 cm³/mol. The molecule has 0 radical (unpaired) electrons. The highest BCUT2D eigenvalue weighted by atomic mass is 32.1. The molecule has 1 atom stereocenters. The number of carbonyl (C=O) groups excluding carboxylic acids is 1. The van der Waals surface area contributed by atoms with Crippen molar-refractivity contribution >= 4 is 17.2 Å². The maximum Gasteiger partial charge on any atom is 0.220 e. The minimum absolute atomic E-state index is 0.0475. The summed E-state index contributed by atoms with van der Waals surface area (Å²) in [4.78, 5) is 23.4. The van der Waals surface area contributed by atoms with Gasteiger partial charge >= 0.3 is 0 Å². The van der Waals surface area contributed by atoms with Crippen LogP contribution in [0.25, 0.3) is 10.7 Å². The van der Waals surface area contributed by atoms with Gasteiger partial charge in [-0.2, -0.15) is 0 Å². The van der Waals surface area contributed by atoms with E-state index in [1.54, 1.807) is 17.5 Å². The molecule has 0 fully saturated rings. The second kappa shape index (κ2) is 9.57. The zero-order valence-electron chi connectivity index (χ0n) is 16.6. The van der Waals surface area contributed by atoms with E-state index < -0.39 is 0 Å². The highest BCUT2D eigenvalue weighted by molar-refractivity contribution is 7.13. The summed E-state index contributed by atoms with van der Waals surface area (Å²) in [5.41, 5.74) is 4.24. The van der Waals surface area contributed by atoms with Crippen LogP contribution in [0.4, 0.5) is 0 Å². The third-order valence-corrected chi connectivity index (χ3v) is 5.54. The van der Waals surface area contributed by atoms with Crippen LogP contribution >= 0.6 is 11.3 Å². The number of hydrogen-bond acceptors (Lipinski definition) is 5. The Balaban J connectivity index is 1.51. The number of likely N-dealkylation sites (N-methyl/N-ethyl adjacent to an activating group) is 1. The average Bonchev–Trinajstić information content (AvgIpc) is 3.17. The van der Waals surface area contributed by atoms with Crippen molar-refractivity contribution in [2.75, 3.05) is 20.6 Å². The van der Waals surface area contributed by atoms with Gasteiger partial charge in [0.1, 0.15) is 5.01 Å². The van der Waals surface area contributed by atoms with Gasteiger partial charge in [0.2, 0.25) is 5.91 Å². The molecule has 0 aliphatic carbocycles. The van der Waals surface area contributed by atoms with Crippen molar-refractivity contribution in [3.63, 3.8) is 0 Å². The molecule has 1 amide bonds. The molecule has 1 unspecified atom stereocenters. The van der Waals surface area contributed by atoms with E-state index in [1.165, 1.54) is 11.1 Å². The fourth-order valence-corrected chi connectivity index (χ4v) is 3.79. The Morgan fingerprint density at radius 1 is 1.18 bits per heavy atom. The Labute approximate surface area is 170 Å². The largest absolute Gasteiger partial charge is 0.354 e. The molecule has 1 aromatic carbocycles. The summed E-state index contributed by atoms with van der Waals surface area (Å²) in [6, 6.07) is 14.4. The molecule has 2 aromatic heterocycles. The molecule has 0 spiro atoms. The van der Waals surface area contributed by atoms with Crippen LogP contribution in [0.3, 0.4) is 0 Å². The van der Waals surface area contributed by atoms with Gasteiger partial charge in [-0.15, -0.1) is 11.3 Å². The summed E-state index contributed by atoms with van der Waals surface area (Å²) in [6.07, 6.45) is 2.82. The van der Waals surface area contributed by atoms with E-state index in [0.29, 0.717) is 19.4 Å². The van der Waals surface area contributed by atoms with Crippen LogP contribution in [0.2, 0.25) is 0 Å². The first-order valence-electron chi connectivity index (χ1n) is 9.38. The maximum absolute atomic E-state index is 12.3. The van der Waals surface area contributed by atoms with Crippen molar-refractivity contribution in [3.8, 4) is 10.7 Å². The molecule has 5 nitrogen and oxygen atoms in total. The quantitative estimate of drug-likeness (QED) is 0.630. The van der Waals surface area contributed by atoms with Gasteiger partial charge in [0.15, 0.2) is 0 Å². The van der Waals surface area contributed by atoms with Crippen LogP contribution in [0.15, 0.2) is 54.0 Å². The zero-order valence-corrected chi connectivity index (χ0v) is 17.4. The molecule has 2 heterocycles. The Bertz CT molecular complexity index is 890. The monoisotopic (exact) mass is 394 g/mol. The standard InChI is InChI=1S/C22H26N4OS/c1-16-7-9-17(10-8-16)20(26(2)3)14-24-21(27)12-11-18-15-28-22(25-18)19-6-4-5-13-23-19/h4-10,13,15,20H,11-12,14H2,1-3H3,(H,24,27). The average molecular weight is 395 g/mol. The number of hydrogen-bond donors (Lipinski definition) is 1. The number of carbonyl (C=O) groups is 1. The molecule has 3 aromatic rings. The minimum atomic E-state index is 0.0475. The normalized spacial score (nSPS) is 12.1. The van der Waals surface area contributed by atoms with E-state index in [-0.39, 0.29) is 11.9 Å². The van der Waals surface area contributed by atoms with Gasteiger partial charge in [-0.3, -0.25) is 9.78 Å². The Hall–Kier alpha value is -2.57. The molecule has 0 saturated carbocycles. The van der Waals surface area contributed by atoms with Crippen molar-refractivity contribution in [3.05, 3.63) is 70.9 Å². The molecule has 1 N–H and O–H groups in total. The predicted octanol–water partition coefficient (Wildman–Crippen LogP) is 3.87. The van der Waals surface area contributed by atoms with E-state index in [9.17, 15) is 4.79 Å². The summed E-state index contributed by atoms with van der Waals surface area (Å²) in [5.74, 6) is 0.0475. The number of amides is 1. The number of rotatable bonds is 8. The summed E-state index contributed by atoms with van der Waals surface area (Å²) in [7, 11) is 4.07. The molecule has 0 aliphatic heterocycles. The van der Waals surface area contributed by atoms with Gasteiger partial charge in [0, 0.05) is 24.5 Å². The lowest BCUT2D eigenvalue weighted by molar-refractivity contribution is -0.121. The van der Waals surface area contributed by atoms with Gasteiger partial charge < -0.3 is 10.2 Å². The van der Waals surface area contributed by atoms with Gasteiger partial charge in [0.05, 0.1) is 17.4 Å². The lowest BCUT2D eigenvalue weighted by Gasteiger charge is -2.25. The molecular weight excluding hydrogens is 368 g/mol. The van der Waals surface area contributed by atoms with Crippen LogP contribution in [0.1, 0.15) is 29.3 Å². The number of benzene rings is 1. The Morgan fingerprint density at radius 3 is 2.64 bits per heavy atom. The minimum Gasteiger partial charge on any atom is -0.354 e. The Morgan fingerprint density at radius 2 is 1.96 bits per heavy atom. The molecule has 6 heteroatoms. The van der Waals surface area contributed by atoms with E-state index >= 15 is 0 Å². The summed E-state index contributed by atoms with van der Waals surface area (Å²) < 4.78 is 0. The van der Waals surface area contributed by atoms with Crippen molar-refractivity contribution in [2.45, 2.75) is 25.8 Å². The van der Waals surface area contributed by atoms with E-state index in [1.807, 2.05) is 37.7 Å². The summed E-state index contributed by atoms with van der Waals surface area (Å²) in [5, 5.41) is 5.97.